The largest absolute Gasteiger partial charge is 0.507 e. The molecule has 0 radical (unpaired) electrons. The molecule has 21 heavy (non-hydrogen) atoms. The van der Waals surface area contributed by atoms with Gasteiger partial charge >= 0.3 is 0 Å². The maximum absolute atomic E-state index is 12.6. The van der Waals surface area contributed by atoms with Gasteiger partial charge in [0.2, 0.25) is 5.91 Å². The number of para-hydroxylation sites is 1. The quantitative estimate of drug-likeness (QED) is 0.946. The summed E-state index contributed by atoms with van der Waals surface area (Å²) in [5, 5.41) is 13.8. The number of carbonyl (C=O) groups excluding carboxylic acids is 1. The predicted octanol–water partition coefficient (Wildman–Crippen LogP) is 2.41. The second kappa shape index (κ2) is 5.81. The number of rotatable bonds is 3. The Balaban J connectivity index is 1.78. The summed E-state index contributed by atoms with van der Waals surface area (Å²) in [6.45, 7) is 0.725. The molecule has 1 aromatic heterocycles. The molecular formula is C15H17N3O2S. The molecule has 1 N–H and O–H groups in total. The van der Waals surface area contributed by atoms with Crippen LogP contribution in [0.15, 0.2) is 41.6 Å². The Kier molecular flexibility index (Phi) is 3.88. The van der Waals surface area contributed by atoms with Crippen LogP contribution in [0.2, 0.25) is 0 Å². The van der Waals surface area contributed by atoms with E-state index in [9.17, 15) is 9.90 Å². The van der Waals surface area contributed by atoms with E-state index in [0.717, 1.165) is 30.0 Å². The first-order chi connectivity index (χ1) is 10.1. The fourth-order valence-electron chi connectivity index (χ4n) is 2.47. The standard InChI is InChI=1S/C15H17N3O2S/c1-17-10-11(9-16-17)18-8-4-7-14(15(18)20)21-13-6-3-2-5-12(13)19/h2-3,5-6,9-10,14,19H,4,7-8H2,1H3. The molecule has 1 saturated heterocycles. The Hall–Kier alpha value is -1.95. The Morgan fingerprint density at radius 2 is 2.19 bits per heavy atom. The van der Waals surface area contributed by atoms with E-state index >= 15 is 0 Å². The van der Waals surface area contributed by atoms with Gasteiger partial charge in [0.1, 0.15) is 5.75 Å². The van der Waals surface area contributed by atoms with E-state index in [2.05, 4.69) is 5.10 Å². The topological polar surface area (TPSA) is 58.4 Å². The van der Waals surface area contributed by atoms with Gasteiger partial charge in [-0.3, -0.25) is 9.48 Å². The van der Waals surface area contributed by atoms with Gasteiger partial charge in [-0.1, -0.05) is 12.1 Å². The number of thioether (sulfide) groups is 1. The summed E-state index contributed by atoms with van der Waals surface area (Å²) in [5.41, 5.74) is 0.838. The number of hydrogen-bond acceptors (Lipinski definition) is 4. The van der Waals surface area contributed by atoms with E-state index in [0.29, 0.717) is 0 Å². The molecule has 0 bridgehead atoms. The van der Waals surface area contributed by atoms with Crippen molar-refractivity contribution in [3.63, 3.8) is 0 Å². The monoisotopic (exact) mass is 303 g/mol. The SMILES string of the molecule is Cn1cc(N2CCCC(Sc3ccccc3O)C2=O)cn1. The summed E-state index contributed by atoms with van der Waals surface area (Å²) in [6.07, 6.45) is 5.34. The Morgan fingerprint density at radius 1 is 1.38 bits per heavy atom. The number of hydrogen-bond donors (Lipinski definition) is 1. The molecule has 3 rings (SSSR count). The molecule has 1 amide bonds. The van der Waals surface area contributed by atoms with E-state index in [1.165, 1.54) is 11.8 Å². The third-order valence-corrected chi connectivity index (χ3v) is 4.85. The maximum Gasteiger partial charge on any atom is 0.240 e. The van der Waals surface area contributed by atoms with E-state index in [1.807, 2.05) is 25.4 Å². The van der Waals surface area contributed by atoms with Crippen molar-refractivity contribution in [2.75, 3.05) is 11.4 Å². The van der Waals surface area contributed by atoms with Crippen LogP contribution in [0.1, 0.15) is 12.8 Å². The van der Waals surface area contributed by atoms with Crippen molar-refractivity contribution in [2.24, 2.45) is 7.05 Å². The molecule has 110 valence electrons. The number of carbonyl (C=O) groups is 1. The summed E-state index contributed by atoms with van der Waals surface area (Å²) < 4.78 is 1.70. The van der Waals surface area contributed by atoms with E-state index in [1.54, 1.807) is 27.9 Å². The zero-order valence-electron chi connectivity index (χ0n) is 11.8. The van der Waals surface area contributed by atoms with Crippen LogP contribution in [-0.2, 0) is 11.8 Å². The number of phenolic OH excluding ortho intramolecular Hbond substituents is 1. The van der Waals surface area contributed by atoms with Crippen LogP contribution in [0, 0.1) is 0 Å². The van der Waals surface area contributed by atoms with Gasteiger partial charge in [-0.15, -0.1) is 11.8 Å². The van der Waals surface area contributed by atoms with Crippen molar-refractivity contribution >= 4 is 23.4 Å². The lowest BCUT2D eigenvalue weighted by atomic mass is 10.1. The maximum atomic E-state index is 12.6. The highest BCUT2D eigenvalue weighted by molar-refractivity contribution is 8.00. The lowest BCUT2D eigenvalue weighted by Gasteiger charge is -2.31. The minimum absolute atomic E-state index is 0.0857. The lowest BCUT2D eigenvalue weighted by molar-refractivity contribution is -0.119. The predicted molar refractivity (Wildman–Crippen MR) is 82.5 cm³/mol. The van der Waals surface area contributed by atoms with Gasteiger partial charge in [0.05, 0.1) is 17.1 Å². The molecule has 2 heterocycles. The van der Waals surface area contributed by atoms with Crippen LogP contribution >= 0.6 is 11.8 Å². The third-order valence-electron chi connectivity index (χ3n) is 3.53. The fourth-order valence-corrected chi connectivity index (χ4v) is 3.63. The summed E-state index contributed by atoms with van der Waals surface area (Å²) in [6, 6.07) is 7.14. The average Bonchev–Trinajstić information content (AvgIpc) is 2.90. The van der Waals surface area contributed by atoms with Crippen molar-refractivity contribution in [1.82, 2.24) is 9.78 Å². The van der Waals surface area contributed by atoms with Crippen molar-refractivity contribution < 1.29 is 9.90 Å². The summed E-state index contributed by atoms with van der Waals surface area (Å²) >= 11 is 1.44. The first-order valence-corrected chi connectivity index (χ1v) is 7.78. The highest BCUT2D eigenvalue weighted by atomic mass is 32.2. The molecule has 1 aliphatic rings. The average molecular weight is 303 g/mol. The fraction of sp³-hybridized carbons (Fsp3) is 0.333. The number of anilines is 1. The minimum atomic E-state index is -0.160. The van der Waals surface area contributed by atoms with Crippen molar-refractivity contribution in [3.05, 3.63) is 36.7 Å². The Morgan fingerprint density at radius 3 is 2.90 bits per heavy atom. The number of amides is 1. The van der Waals surface area contributed by atoms with Gasteiger partial charge in [-0.2, -0.15) is 5.10 Å². The number of phenols is 1. The van der Waals surface area contributed by atoms with Crippen molar-refractivity contribution in [1.29, 1.82) is 0 Å². The highest BCUT2D eigenvalue weighted by Gasteiger charge is 2.31. The highest BCUT2D eigenvalue weighted by Crippen LogP contribution is 2.36. The second-order valence-corrected chi connectivity index (χ2v) is 6.32. The third kappa shape index (κ3) is 2.90. The van der Waals surface area contributed by atoms with Gasteiger partial charge in [-0.05, 0) is 25.0 Å². The van der Waals surface area contributed by atoms with E-state index in [4.69, 9.17) is 0 Å². The number of benzene rings is 1. The van der Waals surface area contributed by atoms with E-state index < -0.39 is 0 Å². The molecule has 5 nitrogen and oxygen atoms in total. The van der Waals surface area contributed by atoms with Crippen LogP contribution < -0.4 is 4.90 Å². The van der Waals surface area contributed by atoms with Crippen molar-refractivity contribution in [2.45, 2.75) is 23.0 Å². The first kappa shape index (κ1) is 14.0. The molecule has 0 aliphatic carbocycles. The van der Waals surface area contributed by atoms with Gasteiger partial charge in [0.25, 0.3) is 0 Å². The molecule has 0 spiro atoms. The summed E-state index contributed by atoms with van der Waals surface area (Å²) in [7, 11) is 1.84. The van der Waals surface area contributed by atoms with Gasteiger partial charge in [-0.25, -0.2) is 0 Å². The molecule has 1 aromatic carbocycles. The minimum Gasteiger partial charge on any atom is -0.507 e. The van der Waals surface area contributed by atoms with Crippen LogP contribution in [-0.4, -0.2) is 32.6 Å². The van der Waals surface area contributed by atoms with Crippen LogP contribution in [0.4, 0.5) is 5.69 Å². The molecule has 0 saturated carbocycles. The number of aryl methyl sites for hydroxylation is 1. The van der Waals surface area contributed by atoms with Crippen molar-refractivity contribution in [3.8, 4) is 5.75 Å². The first-order valence-electron chi connectivity index (χ1n) is 6.90. The summed E-state index contributed by atoms with van der Waals surface area (Å²) in [4.78, 5) is 15.2. The molecule has 1 aliphatic heterocycles. The van der Waals surface area contributed by atoms with Crippen LogP contribution in [0.5, 0.6) is 5.75 Å². The summed E-state index contributed by atoms with van der Waals surface area (Å²) in [5.74, 6) is 0.316. The van der Waals surface area contributed by atoms with Gasteiger partial charge in [0.15, 0.2) is 0 Å². The Labute approximate surface area is 127 Å². The lowest BCUT2D eigenvalue weighted by Crippen LogP contribution is -2.42. The molecular weight excluding hydrogens is 286 g/mol. The molecule has 1 unspecified atom stereocenters. The van der Waals surface area contributed by atoms with E-state index in [-0.39, 0.29) is 16.9 Å². The zero-order chi connectivity index (χ0) is 14.8. The molecule has 2 aromatic rings. The molecule has 1 fully saturated rings. The Bertz CT molecular complexity index is 656. The molecule has 6 heteroatoms. The number of aromatic hydroxyl groups is 1. The number of aromatic nitrogens is 2. The van der Waals surface area contributed by atoms with Gasteiger partial charge < -0.3 is 10.0 Å². The molecule has 1 atom stereocenters. The van der Waals surface area contributed by atoms with Gasteiger partial charge in [0, 0.05) is 24.7 Å². The second-order valence-electron chi connectivity index (χ2n) is 5.08. The smallest absolute Gasteiger partial charge is 0.240 e. The zero-order valence-corrected chi connectivity index (χ0v) is 12.6. The number of piperidine rings is 1. The normalized spacial score (nSPS) is 19.0. The number of nitrogens with zero attached hydrogens (tertiary/aromatic N) is 3. The van der Waals surface area contributed by atoms with Crippen LogP contribution in [0.25, 0.3) is 0 Å². The van der Waals surface area contributed by atoms with Crippen LogP contribution in [0.3, 0.4) is 0 Å².